The van der Waals surface area contributed by atoms with E-state index >= 15 is 0 Å². The molecule has 0 aromatic carbocycles. The topological polar surface area (TPSA) is 75.4 Å². The van der Waals surface area contributed by atoms with Crippen LogP contribution in [-0.2, 0) is 10.0 Å². The Morgan fingerprint density at radius 1 is 1.50 bits per heavy atom. The van der Waals surface area contributed by atoms with Crippen molar-refractivity contribution in [3.8, 4) is 0 Å². The van der Waals surface area contributed by atoms with Gasteiger partial charge >= 0.3 is 0 Å². The first kappa shape index (κ1) is 13.9. The average Bonchev–Trinajstić information content (AvgIpc) is 2.72. The van der Waals surface area contributed by atoms with Crippen LogP contribution in [-0.4, -0.2) is 51.8 Å². The highest BCUT2D eigenvalue weighted by atomic mass is 32.2. The van der Waals surface area contributed by atoms with Crippen molar-refractivity contribution in [2.24, 2.45) is 11.7 Å². The second-order valence-electron chi connectivity index (χ2n) is 4.36. The Hall–Kier alpha value is -0.170. The molecule has 1 atom stereocenters. The number of sulfonamides is 1. The minimum atomic E-state index is -3.10. The summed E-state index contributed by atoms with van der Waals surface area (Å²) < 4.78 is 25.7. The zero-order chi connectivity index (χ0) is 12.0. The molecule has 16 heavy (non-hydrogen) atoms. The first-order valence-corrected chi connectivity index (χ1v) is 7.62. The van der Waals surface area contributed by atoms with Gasteiger partial charge in [-0.05, 0) is 38.4 Å². The van der Waals surface area contributed by atoms with Crippen molar-refractivity contribution in [2.45, 2.75) is 19.8 Å². The quantitative estimate of drug-likeness (QED) is 0.643. The molecule has 1 rings (SSSR count). The van der Waals surface area contributed by atoms with Crippen molar-refractivity contribution in [3.63, 3.8) is 0 Å². The molecule has 0 saturated carbocycles. The average molecular weight is 249 g/mol. The largest absolute Gasteiger partial charge is 0.330 e. The molecular weight excluding hydrogens is 226 g/mol. The maximum absolute atomic E-state index is 11.5. The van der Waals surface area contributed by atoms with Crippen molar-refractivity contribution in [1.82, 2.24) is 9.62 Å². The first-order chi connectivity index (χ1) is 7.57. The third-order valence-corrected chi connectivity index (χ3v) is 4.46. The van der Waals surface area contributed by atoms with Crippen molar-refractivity contribution in [1.29, 1.82) is 0 Å². The van der Waals surface area contributed by atoms with E-state index < -0.39 is 10.0 Å². The van der Waals surface area contributed by atoms with Crippen LogP contribution in [0.5, 0.6) is 0 Å². The molecule has 1 heterocycles. The van der Waals surface area contributed by atoms with Crippen LogP contribution in [0.25, 0.3) is 0 Å². The SMILES string of the molecule is CCN1CCC(CNS(=O)(=O)CCCN)C1. The van der Waals surface area contributed by atoms with E-state index in [1.807, 2.05) is 0 Å². The van der Waals surface area contributed by atoms with Gasteiger partial charge in [-0.2, -0.15) is 0 Å². The molecule has 0 spiro atoms. The summed E-state index contributed by atoms with van der Waals surface area (Å²) in [6, 6.07) is 0. The Bertz CT molecular complexity index is 292. The number of rotatable bonds is 7. The van der Waals surface area contributed by atoms with Gasteiger partial charge in [0, 0.05) is 13.1 Å². The normalized spacial score (nSPS) is 22.8. The summed E-state index contributed by atoms with van der Waals surface area (Å²) in [6.45, 7) is 6.28. The van der Waals surface area contributed by atoms with Gasteiger partial charge in [0.15, 0.2) is 0 Å². The molecule has 0 aromatic heterocycles. The van der Waals surface area contributed by atoms with Crippen molar-refractivity contribution < 1.29 is 8.42 Å². The fourth-order valence-corrected chi connectivity index (χ4v) is 3.14. The van der Waals surface area contributed by atoms with Gasteiger partial charge in [-0.15, -0.1) is 0 Å². The Balaban J connectivity index is 2.24. The zero-order valence-corrected chi connectivity index (χ0v) is 10.8. The summed E-state index contributed by atoms with van der Waals surface area (Å²) in [5, 5.41) is 0. The van der Waals surface area contributed by atoms with Crippen LogP contribution in [0.1, 0.15) is 19.8 Å². The summed E-state index contributed by atoms with van der Waals surface area (Å²) in [4.78, 5) is 2.35. The standard InChI is InChI=1S/C10H23N3O2S/c1-2-13-6-4-10(9-13)8-12-16(14,15)7-3-5-11/h10,12H,2-9,11H2,1H3. The van der Waals surface area contributed by atoms with Crippen LogP contribution in [0.4, 0.5) is 0 Å². The highest BCUT2D eigenvalue weighted by molar-refractivity contribution is 7.89. The van der Waals surface area contributed by atoms with Crippen molar-refractivity contribution >= 4 is 10.0 Å². The molecule has 5 nitrogen and oxygen atoms in total. The predicted octanol–water partition coefficient (Wildman–Crippen LogP) is -0.404. The Morgan fingerprint density at radius 3 is 2.81 bits per heavy atom. The maximum atomic E-state index is 11.5. The summed E-state index contributed by atoms with van der Waals surface area (Å²) in [6.07, 6.45) is 1.62. The summed E-state index contributed by atoms with van der Waals surface area (Å²) >= 11 is 0. The molecule has 6 heteroatoms. The lowest BCUT2D eigenvalue weighted by atomic mass is 10.1. The highest BCUT2D eigenvalue weighted by Gasteiger charge is 2.22. The second-order valence-corrected chi connectivity index (χ2v) is 6.28. The van der Waals surface area contributed by atoms with Crippen LogP contribution in [0.3, 0.4) is 0 Å². The molecule has 96 valence electrons. The summed E-state index contributed by atoms with van der Waals surface area (Å²) in [7, 11) is -3.10. The fraction of sp³-hybridized carbons (Fsp3) is 1.00. The van der Waals surface area contributed by atoms with E-state index in [1.165, 1.54) is 0 Å². The van der Waals surface area contributed by atoms with E-state index in [0.717, 1.165) is 26.1 Å². The molecule has 3 N–H and O–H groups in total. The zero-order valence-electron chi connectivity index (χ0n) is 9.98. The molecular formula is C10H23N3O2S. The number of hydrogen-bond donors (Lipinski definition) is 2. The number of nitrogens with zero attached hydrogens (tertiary/aromatic N) is 1. The lowest BCUT2D eigenvalue weighted by Crippen LogP contribution is -2.33. The van der Waals surface area contributed by atoms with Gasteiger partial charge in [-0.3, -0.25) is 0 Å². The highest BCUT2D eigenvalue weighted by Crippen LogP contribution is 2.14. The van der Waals surface area contributed by atoms with Crippen LogP contribution in [0.15, 0.2) is 0 Å². The first-order valence-electron chi connectivity index (χ1n) is 5.97. The maximum Gasteiger partial charge on any atom is 0.211 e. The molecule has 1 unspecified atom stereocenters. The number of nitrogens with two attached hydrogens (primary N) is 1. The van der Waals surface area contributed by atoms with E-state index in [-0.39, 0.29) is 5.75 Å². The predicted molar refractivity (Wildman–Crippen MR) is 65.7 cm³/mol. The third kappa shape index (κ3) is 4.78. The van der Waals surface area contributed by atoms with Crippen molar-refractivity contribution in [2.75, 3.05) is 38.5 Å². The van der Waals surface area contributed by atoms with Crippen LogP contribution in [0, 0.1) is 5.92 Å². The second kappa shape index (κ2) is 6.54. The summed E-state index contributed by atoms with van der Waals surface area (Å²) in [5.74, 6) is 0.612. The fourth-order valence-electron chi connectivity index (χ4n) is 1.96. The minimum Gasteiger partial charge on any atom is -0.330 e. The van der Waals surface area contributed by atoms with E-state index in [9.17, 15) is 8.42 Å². The molecule has 0 aliphatic carbocycles. The van der Waals surface area contributed by atoms with Crippen LogP contribution >= 0.6 is 0 Å². The molecule has 0 aromatic rings. The van der Waals surface area contributed by atoms with E-state index in [2.05, 4.69) is 16.5 Å². The van der Waals surface area contributed by atoms with Gasteiger partial charge in [0.05, 0.1) is 5.75 Å². The molecule has 1 aliphatic heterocycles. The molecule has 1 saturated heterocycles. The Kier molecular flexibility index (Phi) is 5.68. The van der Waals surface area contributed by atoms with Gasteiger partial charge in [-0.25, -0.2) is 13.1 Å². The van der Waals surface area contributed by atoms with Gasteiger partial charge in [0.1, 0.15) is 0 Å². The smallest absolute Gasteiger partial charge is 0.211 e. The van der Waals surface area contributed by atoms with Crippen molar-refractivity contribution in [3.05, 3.63) is 0 Å². The number of hydrogen-bond acceptors (Lipinski definition) is 4. The molecule has 1 aliphatic rings. The van der Waals surface area contributed by atoms with Gasteiger partial charge in [0.2, 0.25) is 10.0 Å². The van der Waals surface area contributed by atoms with Gasteiger partial charge in [-0.1, -0.05) is 6.92 Å². The lowest BCUT2D eigenvalue weighted by Gasteiger charge is -2.13. The van der Waals surface area contributed by atoms with Crippen LogP contribution < -0.4 is 10.5 Å². The molecule has 1 fully saturated rings. The van der Waals surface area contributed by atoms with Gasteiger partial charge in [0.25, 0.3) is 0 Å². The summed E-state index contributed by atoms with van der Waals surface area (Å²) in [5.41, 5.74) is 5.29. The minimum absolute atomic E-state index is 0.147. The molecule has 0 bridgehead atoms. The lowest BCUT2D eigenvalue weighted by molar-refractivity contribution is 0.342. The Morgan fingerprint density at radius 2 is 2.25 bits per heavy atom. The third-order valence-electron chi connectivity index (χ3n) is 3.03. The van der Waals surface area contributed by atoms with E-state index in [1.54, 1.807) is 0 Å². The number of nitrogens with one attached hydrogen (secondary N) is 1. The van der Waals surface area contributed by atoms with Crippen LogP contribution in [0.2, 0.25) is 0 Å². The Labute approximate surface area is 98.4 Å². The molecule has 0 amide bonds. The number of likely N-dealkylation sites (tertiary alicyclic amines) is 1. The molecule has 0 radical (unpaired) electrons. The monoisotopic (exact) mass is 249 g/mol. The van der Waals surface area contributed by atoms with E-state index in [4.69, 9.17) is 5.73 Å². The van der Waals surface area contributed by atoms with E-state index in [0.29, 0.717) is 25.4 Å². The van der Waals surface area contributed by atoms with Gasteiger partial charge < -0.3 is 10.6 Å².